The lowest BCUT2D eigenvalue weighted by atomic mass is 9.89. The van der Waals surface area contributed by atoms with Gasteiger partial charge in [-0.3, -0.25) is 4.79 Å². The number of nitrogens with one attached hydrogen (secondary N) is 1. The van der Waals surface area contributed by atoms with Crippen LogP contribution >= 0.6 is 0 Å². The zero-order valence-electron chi connectivity index (χ0n) is 15.5. The van der Waals surface area contributed by atoms with Gasteiger partial charge in [0.25, 0.3) is 5.91 Å². The lowest BCUT2D eigenvalue weighted by molar-refractivity contribution is 0.0617. The van der Waals surface area contributed by atoms with Gasteiger partial charge in [-0.15, -0.1) is 0 Å². The minimum absolute atomic E-state index is 0.0537. The van der Waals surface area contributed by atoms with Crippen LogP contribution in [0, 0.1) is 13.8 Å². The summed E-state index contributed by atoms with van der Waals surface area (Å²) in [5, 5.41) is 3.18. The molecule has 0 spiro atoms. The van der Waals surface area contributed by atoms with Crippen LogP contribution in [0.3, 0.4) is 0 Å². The number of benzene rings is 2. The van der Waals surface area contributed by atoms with Gasteiger partial charge in [0.2, 0.25) is 0 Å². The average Bonchev–Trinajstić information content (AvgIpc) is 2.52. The molecule has 0 fully saturated rings. The summed E-state index contributed by atoms with van der Waals surface area (Å²) in [5.74, 6) is 1.46. The fourth-order valence-corrected chi connectivity index (χ4v) is 3.39. The molecule has 4 heteroatoms. The van der Waals surface area contributed by atoms with E-state index in [0.29, 0.717) is 12.0 Å². The van der Waals surface area contributed by atoms with E-state index < -0.39 is 0 Å². The van der Waals surface area contributed by atoms with E-state index in [0.717, 1.165) is 28.2 Å². The zero-order chi connectivity index (χ0) is 18.2. The van der Waals surface area contributed by atoms with Gasteiger partial charge in [0.1, 0.15) is 17.1 Å². The van der Waals surface area contributed by atoms with Crippen LogP contribution in [0.1, 0.15) is 53.4 Å². The van der Waals surface area contributed by atoms with Gasteiger partial charge in [0.15, 0.2) is 0 Å². The molecule has 1 amide bonds. The molecular weight excluding hydrogens is 314 g/mol. The Hall–Kier alpha value is -2.49. The Kier molecular flexibility index (Phi) is 4.46. The first-order chi connectivity index (χ1) is 11.8. The smallest absolute Gasteiger partial charge is 0.252 e. The number of hydrogen-bond donors (Lipinski definition) is 1. The minimum atomic E-state index is -0.361. The van der Waals surface area contributed by atoms with E-state index in [1.54, 1.807) is 7.11 Å². The molecule has 1 atom stereocenters. The van der Waals surface area contributed by atoms with Crippen molar-refractivity contribution in [2.45, 2.75) is 45.8 Å². The summed E-state index contributed by atoms with van der Waals surface area (Å²) in [5.41, 5.74) is 3.47. The Labute approximate surface area is 149 Å². The second-order valence-corrected chi connectivity index (χ2v) is 7.31. The fourth-order valence-electron chi connectivity index (χ4n) is 3.39. The zero-order valence-corrected chi connectivity index (χ0v) is 15.5. The maximum atomic E-state index is 12.8. The van der Waals surface area contributed by atoms with Crippen LogP contribution < -0.4 is 14.8 Å². The monoisotopic (exact) mass is 339 g/mol. The molecular formula is C21H25NO3. The molecule has 0 saturated heterocycles. The van der Waals surface area contributed by atoms with Crippen molar-refractivity contribution < 1.29 is 14.3 Å². The molecule has 1 aliphatic rings. The van der Waals surface area contributed by atoms with Gasteiger partial charge in [-0.1, -0.05) is 17.7 Å². The second-order valence-electron chi connectivity index (χ2n) is 7.31. The summed E-state index contributed by atoms with van der Waals surface area (Å²) in [6.45, 7) is 8.06. The number of aryl methyl sites for hydroxylation is 2. The molecule has 2 aromatic carbocycles. The van der Waals surface area contributed by atoms with Crippen LogP contribution in [0.25, 0.3) is 0 Å². The number of ether oxygens (including phenoxy) is 2. The van der Waals surface area contributed by atoms with Gasteiger partial charge in [-0.05, 0) is 51.5 Å². The standard InChI is InChI=1S/C21H25NO3/c1-13-6-8-16(14(2)10-13)20(23)22-18-12-21(3,4)25-19-11-15(24-5)7-9-17(18)19/h6-11,18H,12H2,1-5H3,(H,22,23)/t18-/m0/s1. The third-order valence-electron chi connectivity index (χ3n) is 4.61. The van der Waals surface area contributed by atoms with Gasteiger partial charge in [-0.2, -0.15) is 0 Å². The van der Waals surface area contributed by atoms with E-state index in [1.165, 1.54) is 0 Å². The quantitative estimate of drug-likeness (QED) is 0.904. The number of methoxy groups -OCH3 is 1. The van der Waals surface area contributed by atoms with Gasteiger partial charge in [0, 0.05) is 23.6 Å². The van der Waals surface area contributed by atoms with Gasteiger partial charge >= 0.3 is 0 Å². The first-order valence-electron chi connectivity index (χ1n) is 8.54. The average molecular weight is 339 g/mol. The number of amides is 1. The Bertz CT molecular complexity index is 811. The highest BCUT2D eigenvalue weighted by Gasteiger charge is 2.35. The van der Waals surface area contributed by atoms with Crippen LogP contribution in [0.5, 0.6) is 11.5 Å². The van der Waals surface area contributed by atoms with Crippen LogP contribution in [0.15, 0.2) is 36.4 Å². The molecule has 0 aromatic heterocycles. The molecule has 1 N–H and O–H groups in total. The molecule has 1 aliphatic heterocycles. The molecule has 0 saturated carbocycles. The molecule has 1 heterocycles. The highest BCUT2D eigenvalue weighted by molar-refractivity contribution is 5.96. The second kappa shape index (κ2) is 6.43. The molecule has 0 aliphatic carbocycles. The van der Waals surface area contributed by atoms with Crippen LogP contribution in [0.4, 0.5) is 0 Å². The largest absolute Gasteiger partial charge is 0.497 e. The molecule has 25 heavy (non-hydrogen) atoms. The maximum absolute atomic E-state index is 12.8. The molecule has 0 radical (unpaired) electrons. The Morgan fingerprint density at radius 3 is 2.64 bits per heavy atom. The van der Waals surface area contributed by atoms with Crippen LogP contribution in [-0.2, 0) is 0 Å². The summed E-state index contributed by atoms with van der Waals surface area (Å²) in [6, 6.07) is 11.5. The third-order valence-corrected chi connectivity index (χ3v) is 4.61. The normalized spacial score (nSPS) is 18.0. The van der Waals surface area contributed by atoms with Crippen molar-refractivity contribution in [1.29, 1.82) is 0 Å². The van der Waals surface area contributed by atoms with E-state index in [1.807, 2.05) is 64.1 Å². The van der Waals surface area contributed by atoms with E-state index in [4.69, 9.17) is 9.47 Å². The van der Waals surface area contributed by atoms with Crippen molar-refractivity contribution in [3.8, 4) is 11.5 Å². The lowest BCUT2D eigenvalue weighted by Crippen LogP contribution is -2.41. The van der Waals surface area contributed by atoms with Crippen LogP contribution in [-0.4, -0.2) is 18.6 Å². The summed E-state index contributed by atoms with van der Waals surface area (Å²) < 4.78 is 11.4. The van der Waals surface area contributed by atoms with Crippen molar-refractivity contribution in [1.82, 2.24) is 5.32 Å². The van der Waals surface area contributed by atoms with E-state index in [-0.39, 0.29) is 17.6 Å². The molecule has 132 valence electrons. The van der Waals surface area contributed by atoms with E-state index >= 15 is 0 Å². The third kappa shape index (κ3) is 3.63. The Balaban J connectivity index is 1.90. The Morgan fingerprint density at radius 1 is 1.20 bits per heavy atom. The van der Waals surface area contributed by atoms with Crippen molar-refractivity contribution in [3.63, 3.8) is 0 Å². The first-order valence-corrected chi connectivity index (χ1v) is 8.54. The molecule has 0 bridgehead atoms. The van der Waals surface area contributed by atoms with Crippen molar-refractivity contribution in [3.05, 3.63) is 58.7 Å². The SMILES string of the molecule is COc1ccc2c(c1)OC(C)(C)C[C@@H]2NC(=O)c1ccc(C)cc1C. The summed E-state index contributed by atoms with van der Waals surface area (Å²) in [4.78, 5) is 12.8. The van der Waals surface area contributed by atoms with Crippen LogP contribution in [0.2, 0.25) is 0 Å². The topological polar surface area (TPSA) is 47.6 Å². The van der Waals surface area contributed by atoms with Crippen molar-refractivity contribution in [2.24, 2.45) is 0 Å². The highest BCUT2D eigenvalue weighted by atomic mass is 16.5. The van der Waals surface area contributed by atoms with Gasteiger partial charge in [-0.25, -0.2) is 0 Å². The Morgan fingerprint density at radius 2 is 1.96 bits per heavy atom. The first kappa shape index (κ1) is 17.3. The van der Waals surface area contributed by atoms with Gasteiger partial charge < -0.3 is 14.8 Å². The summed E-state index contributed by atoms with van der Waals surface area (Å²) in [7, 11) is 1.63. The van der Waals surface area contributed by atoms with Crippen molar-refractivity contribution in [2.75, 3.05) is 7.11 Å². The number of rotatable bonds is 3. The molecule has 3 rings (SSSR count). The van der Waals surface area contributed by atoms with Crippen molar-refractivity contribution >= 4 is 5.91 Å². The lowest BCUT2D eigenvalue weighted by Gasteiger charge is -2.38. The molecule has 0 unspecified atom stereocenters. The minimum Gasteiger partial charge on any atom is -0.497 e. The summed E-state index contributed by atoms with van der Waals surface area (Å²) >= 11 is 0. The summed E-state index contributed by atoms with van der Waals surface area (Å²) in [6.07, 6.45) is 0.711. The number of carbonyl (C=O) groups excluding carboxylic acids is 1. The molecule has 2 aromatic rings. The van der Waals surface area contributed by atoms with E-state index in [2.05, 4.69) is 5.32 Å². The predicted molar refractivity (Wildman–Crippen MR) is 98.4 cm³/mol. The number of fused-ring (bicyclic) bond motifs is 1. The number of hydrogen-bond acceptors (Lipinski definition) is 3. The number of carbonyl (C=O) groups is 1. The maximum Gasteiger partial charge on any atom is 0.252 e. The highest BCUT2D eigenvalue weighted by Crippen LogP contribution is 2.41. The predicted octanol–water partition coefficient (Wildman–Crippen LogP) is 4.34. The van der Waals surface area contributed by atoms with Gasteiger partial charge in [0.05, 0.1) is 13.2 Å². The molecule has 4 nitrogen and oxygen atoms in total. The van der Waals surface area contributed by atoms with E-state index in [9.17, 15) is 4.79 Å². The fraction of sp³-hybridized carbons (Fsp3) is 0.381.